The van der Waals surface area contributed by atoms with Gasteiger partial charge in [0.15, 0.2) is 0 Å². The van der Waals surface area contributed by atoms with Gasteiger partial charge in [-0.05, 0) is 29.3 Å². The highest BCUT2D eigenvalue weighted by atomic mass is 16.3. The number of phenols is 1. The molecule has 0 fully saturated rings. The third-order valence-electron chi connectivity index (χ3n) is 4.13. The lowest BCUT2D eigenvalue weighted by Gasteiger charge is -2.13. The second kappa shape index (κ2) is 8.79. The van der Waals surface area contributed by atoms with Gasteiger partial charge in [0.2, 0.25) is 5.82 Å². The second-order valence-corrected chi connectivity index (χ2v) is 6.10. The van der Waals surface area contributed by atoms with Gasteiger partial charge < -0.3 is 15.7 Å². The summed E-state index contributed by atoms with van der Waals surface area (Å²) in [6, 6.07) is 12.8. The molecule has 0 radical (unpaired) electrons. The first-order valence-corrected chi connectivity index (χ1v) is 8.86. The van der Waals surface area contributed by atoms with Crippen LogP contribution < -0.4 is 10.6 Å². The molecule has 2 amide bonds. The molecule has 140 valence electrons. The number of hydrogen-bond acceptors (Lipinski definition) is 5. The summed E-state index contributed by atoms with van der Waals surface area (Å²) in [5.41, 5.74) is 2.76. The first-order chi connectivity index (χ1) is 13.2. The molecular formula is C19H22N6O2. The number of aromatic nitrogens is 4. The van der Waals surface area contributed by atoms with Crippen LogP contribution in [0.25, 0.3) is 22.5 Å². The minimum Gasteiger partial charge on any atom is -0.507 e. The zero-order valence-corrected chi connectivity index (χ0v) is 15.1. The first-order valence-electron chi connectivity index (χ1n) is 8.86. The van der Waals surface area contributed by atoms with E-state index in [4.69, 9.17) is 0 Å². The SMILES string of the molecule is CCCCNC(=O)NCc1cc(-c2nn[nH]n2)cc(-c2ccccc2)c1O. The van der Waals surface area contributed by atoms with Crippen LogP contribution in [0.4, 0.5) is 4.79 Å². The maximum atomic E-state index is 11.9. The van der Waals surface area contributed by atoms with Crippen LogP contribution in [0.3, 0.4) is 0 Å². The van der Waals surface area contributed by atoms with Crippen molar-refractivity contribution in [2.24, 2.45) is 0 Å². The molecule has 8 nitrogen and oxygen atoms in total. The Hall–Kier alpha value is -3.42. The van der Waals surface area contributed by atoms with Crippen LogP contribution in [0.15, 0.2) is 42.5 Å². The number of tetrazole rings is 1. The van der Waals surface area contributed by atoms with Crippen molar-refractivity contribution in [1.82, 2.24) is 31.3 Å². The number of carbonyl (C=O) groups is 1. The minimum atomic E-state index is -0.269. The number of unbranched alkanes of at least 4 members (excludes halogenated alkanes) is 1. The summed E-state index contributed by atoms with van der Waals surface area (Å²) in [5.74, 6) is 0.531. The number of nitrogens with one attached hydrogen (secondary N) is 3. The molecule has 2 aromatic carbocycles. The van der Waals surface area contributed by atoms with Gasteiger partial charge in [0.05, 0.1) is 0 Å². The van der Waals surface area contributed by atoms with E-state index in [0.29, 0.717) is 29.1 Å². The van der Waals surface area contributed by atoms with Gasteiger partial charge in [0, 0.05) is 29.8 Å². The van der Waals surface area contributed by atoms with E-state index in [0.717, 1.165) is 18.4 Å². The molecule has 0 bridgehead atoms. The summed E-state index contributed by atoms with van der Waals surface area (Å²) in [7, 11) is 0. The van der Waals surface area contributed by atoms with Gasteiger partial charge in [-0.15, -0.1) is 10.2 Å². The fourth-order valence-corrected chi connectivity index (χ4v) is 2.70. The maximum Gasteiger partial charge on any atom is 0.315 e. The Morgan fingerprint density at radius 1 is 1.15 bits per heavy atom. The number of rotatable bonds is 7. The number of carbonyl (C=O) groups excluding carboxylic acids is 1. The number of phenolic OH excluding ortho intramolecular Hbond substituents is 1. The molecule has 3 aromatic rings. The molecule has 3 rings (SSSR count). The Kier molecular flexibility index (Phi) is 5.98. The van der Waals surface area contributed by atoms with Gasteiger partial charge in [0.1, 0.15) is 5.75 Å². The van der Waals surface area contributed by atoms with Crippen molar-refractivity contribution in [3.63, 3.8) is 0 Å². The number of H-pyrrole nitrogens is 1. The van der Waals surface area contributed by atoms with Crippen molar-refractivity contribution in [3.05, 3.63) is 48.0 Å². The van der Waals surface area contributed by atoms with Crippen molar-refractivity contribution < 1.29 is 9.90 Å². The quantitative estimate of drug-likeness (QED) is 0.480. The summed E-state index contributed by atoms with van der Waals surface area (Å²) in [6.07, 6.45) is 1.93. The molecule has 0 unspecified atom stereocenters. The highest BCUT2D eigenvalue weighted by molar-refractivity contribution is 5.78. The van der Waals surface area contributed by atoms with Gasteiger partial charge in [-0.1, -0.05) is 43.7 Å². The Morgan fingerprint density at radius 3 is 2.67 bits per heavy atom. The number of benzene rings is 2. The molecule has 0 aliphatic heterocycles. The number of aromatic amines is 1. The summed E-state index contributed by atoms with van der Waals surface area (Å²) < 4.78 is 0. The molecule has 0 atom stereocenters. The smallest absolute Gasteiger partial charge is 0.315 e. The lowest BCUT2D eigenvalue weighted by molar-refractivity contribution is 0.240. The van der Waals surface area contributed by atoms with E-state index in [1.165, 1.54) is 0 Å². The third-order valence-corrected chi connectivity index (χ3v) is 4.13. The molecule has 4 N–H and O–H groups in total. The van der Waals surface area contributed by atoms with Crippen LogP contribution in [-0.4, -0.2) is 38.3 Å². The summed E-state index contributed by atoms with van der Waals surface area (Å²) >= 11 is 0. The standard InChI is InChI=1S/C19H22N6O2/c1-2-3-9-20-19(27)21-12-15-10-14(18-22-24-25-23-18)11-16(17(15)26)13-7-5-4-6-8-13/h4-8,10-11,26H,2-3,9,12H2,1H3,(H2,20,21,27)(H,22,23,24,25). The van der Waals surface area contributed by atoms with Crippen LogP contribution in [0.1, 0.15) is 25.3 Å². The number of urea groups is 1. The van der Waals surface area contributed by atoms with Gasteiger partial charge in [-0.25, -0.2) is 4.79 Å². The van der Waals surface area contributed by atoms with Crippen molar-refractivity contribution in [2.75, 3.05) is 6.54 Å². The Morgan fingerprint density at radius 2 is 1.96 bits per heavy atom. The largest absolute Gasteiger partial charge is 0.507 e. The molecule has 0 spiro atoms. The molecule has 0 saturated heterocycles. The summed E-state index contributed by atoms with van der Waals surface area (Å²) in [6.45, 7) is 2.86. The highest BCUT2D eigenvalue weighted by Gasteiger charge is 2.15. The van der Waals surface area contributed by atoms with Crippen LogP contribution in [0, 0.1) is 0 Å². The van der Waals surface area contributed by atoms with Crippen molar-refractivity contribution in [2.45, 2.75) is 26.3 Å². The molecular weight excluding hydrogens is 344 g/mol. The Bertz CT molecular complexity index is 881. The van der Waals surface area contributed by atoms with Gasteiger partial charge >= 0.3 is 6.03 Å². The van der Waals surface area contributed by atoms with Crippen molar-refractivity contribution in [1.29, 1.82) is 0 Å². The molecule has 8 heteroatoms. The molecule has 0 aliphatic rings. The minimum absolute atomic E-state index is 0.113. The molecule has 0 saturated carbocycles. The van der Waals surface area contributed by atoms with Gasteiger partial charge in [-0.3, -0.25) is 0 Å². The van der Waals surface area contributed by atoms with Crippen LogP contribution in [0.5, 0.6) is 5.75 Å². The predicted molar refractivity (Wildman–Crippen MR) is 102 cm³/mol. The number of nitrogens with zero attached hydrogens (tertiary/aromatic N) is 3. The fourth-order valence-electron chi connectivity index (χ4n) is 2.70. The fraction of sp³-hybridized carbons (Fsp3) is 0.263. The molecule has 1 heterocycles. The van der Waals surface area contributed by atoms with E-state index < -0.39 is 0 Å². The van der Waals surface area contributed by atoms with Crippen molar-refractivity contribution >= 4 is 6.03 Å². The number of amides is 2. The highest BCUT2D eigenvalue weighted by Crippen LogP contribution is 2.35. The van der Waals surface area contributed by atoms with E-state index in [1.54, 1.807) is 12.1 Å². The lowest BCUT2D eigenvalue weighted by Crippen LogP contribution is -2.35. The Balaban J connectivity index is 1.88. The van der Waals surface area contributed by atoms with E-state index in [1.807, 2.05) is 30.3 Å². The van der Waals surface area contributed by atoms with E-state index in [2.05, 4.69) is 38.2 Å². The third kappa shape index (κ3) is 4.60. The van der Waals surface area contributed by atoms with Gasteiger partial charge in [-0.2, -0.15) is 5.21 Å². The van der Waals surface area contributed by atoms with E-state index in [9.17, 15) is 9.90 Å². The predicted octanol–water partition coefficient (Wildman–Crippen LogP) is 2.84. The zero-order valence-electron chi connectivity index (χ0n) is 15.1. The average Bonchev–Trinajstić information content (AvgIpc) is 3.23. The molecule has 1 aromatic heterocycles. The number of hydrogen-bond donors (Lipinski definition) is 4. The average molecular weight is 366 g/mol. The normalized spacial score (nSPS) is 10.6. The van der Waals surface area contributed by atoms with Crippen LogP contribution in [-0.2, 0) is 6.54 Å². The van der Waals surface area contributed by atoms with Crippen molar-refractivity contribution in [3.8, 4) is 28.3 Å². The second-order valence-electron chi connectivity index (χ2n) is 6.10. The van der Waals surface area contributed by atoms with Crippen LogP contribution in [0.2, 0.25) is 0 Å². The Labute approximate surface area is 157 Å². The van der Waals surface area contributed by atoms with Gasteiger partial charge in [0.25, 0.3) is 0 Å². The topological polar surface area (TPSA) is 116 Å². The monoisotopic (exact) mass is 366 g/mol. The zero-order chi connectivity index (χ0) is 19.1. The maximum absolute atomic E-state index is 11.9. The first kappa shape index (κ1) is 18.4. The van der Waals surface area contributed by atoms with E-state index in [-0.39, 0.29) is 18.3 Å². The van der Waals surface area contributed by atoms with Crippen LogP contribution >= 0.6 is 0 Å². The van der Waals surface area contributed by atoms with E-state index >= 15 is 0 Å². The summed E-state index contributed by atoms with van der Waals surface area (Å²) in [4.78, 5) is 11.9. The summed E-state index contributed by atoms with van der Waals surface area (Å²) in [5, 5.41) is 30.4. The number of aromatic hydroxyl groups is 1. The molecule has 0 aliphatic carbocycles. The molecule has 27 heavy (non-hydrogen) atoms. The lowest BCUT2D eigenvalue weighted by atomic mass is 9.97.